The molecule has 0 fully saturated rings. The minimum Gasteiger partial charge on any atom is -0.384 e. The number of halogens is 4. The predicted octanol–water partition coefficient (Wildman–Crippen LogP) is 6.05. The van der Waals surface area contributed by atoms with Gasteiger partial charge in [0.2, 0.25) is 0 Å². The van der Waals surface area contributed by atoms with E-state index in [-0.39, 0.29) is 16.3 Å². The average molecular weight is 435 g/mol. The highest BCUT2D eigenvalue weighted by Crippen LogP contribution is 2.24. The Hall–Kier alpha value is -3.69. The van der Waals surface area contributed by atoms with E-state index in [1.165, 1.54) is 24.3 Å². The van der Waals surface area contributed by atoms with Crippen LogP contribution in [0.25, 0.3) is 22.0 Å². The Labute approximate surface area is 182 Å². The number of hydrogen-bond acceptors (Lipinski definition) is 2. The van der Waals surface area contributed by atoms with Crippen molar-refractivity contribution in [3.05, 3.63) is 101 Å². The molecule has 1 heterocycles. The Bertz CT molecular complexity index is 1350. The van der Waals surface area contributed by atoms with Gasteiger partial charge in [0.1, 0.15) is 5.82 Å². The van der Waals surface area contributed by atoms with Crippen LogP contribution < -0.4 is 0 Å². The Morgan fingerprint density at radius 3 is 2.41 bits per heavy atom. The van der Waals surface area contributed by atoms with Crippen LogP contribution in [0.3, 0.4) is 0 Å². The first-order valence-electron chi connectivity index (χ1n) is 9.79. The molecule has 0 bridgehead atoms. The van der Waals surface area contributed by atoms with E-state index in [1.807, 2.05) is 12.1 Å². The number of aromatic nitrogens is 1. The van der Waals surface area contributed by atoms with E-state index in [0.717, 1.165) is 18.1 Å². The number of nitrogens with zero attached hydrogens (tertiary/aromatic N) is 1. The lowest BCUT2D eigenvalue weighted by Crippen LogP contribution is -1.95. The molecule has 4 aromatic rings. The fourth-order valence-electron chi connectivity index (χ4n) is 3.26. The summed E-state index contributed by atoms with van der Waals surface area (Å²) < 4.78 is 60.3. The highest BCUT2D eigenvalue weighted by atomic mass is 19.2. The van der Waals surface area contributed by atoms with Crippen molar-refractivity contribution in [1.29, 1.82) is 0 Å². The third kappa shape index (κ3) is 4.48. The van der Waals surface area contributed by atoms with Crippen molar-refractivity contribution in [2.24, 2.45) is 0 Å². The van der Waals surface area contributed by atoms with E-state index < -0.39 is 23.3 Å². The SMILES string of the molecule is COCCc1ccc(-c2ccc(C#Cc3ccc4c(F)c(F)c(F)cc4c3)c(F)c2)nc1. The van der Waals surface area contributed by atoms with Crippen LogP contribution in [0.5, 0.6) is 0 Å². The molecule has 3 aromatic carbocycles. The van der Waals surface area contributed by atoms with Crippen LogP contribution in [-0.4, -0.2) is 18.7 Å². The van der Waals surface area contributed by atoms with Crippen LogP contribution in [0.15, 0.2) is 60.8 Å². The zero-order valence-electron chi connectivity index (χ0n) is 17.1. The summed E-state index contributed by atoms with van der Waals surface area (Å²) in [5, 5.41) is 0.120. The van der Waals surface area contributed by atoms with E-state index in [2.05, 4.69) is 16.8 Å². The monoisotopic (exact) mass is 435 g/mol. The van der Waals surface area contributed by atoms with Gasteiger partial charge in [0.05, 0.1) is 17.9 Å². The van der Waals surface area contributed by atoms with Crippen molar-refractivity contribution in [2.75, 3.05) is 13.7 Å². The van der Waals surface area contributed by atoms with Gasteiger partial charge in [-0.15, -0.1) is 0 Å². The van der Waals surface area contributed by atoms with Gasteiger partial charge in [0.15, 0.2) is 17.5 Å². The Kier molecular flexibility index (Phi) is 6.20. The molecule has 4 rings (SSSR count). The molecule has 0 aliphatic heterocycles. The predicted molar refractivity (Wildman–Crippen MR) is 115 cm³/mol. The van der Waals surface area contributed by atoms with Crippen molar-refractivity contribution >= 4 is 10.8 Å². The van der Waals surface area contributed by atoms with Gasteiger partial charge in [-0.3, -0.25) is 4.98 Å². The maximum Gasteiger partial charge on any atom is 0.195 e. The third-order valence-electron chi connectivity index (χ3n) is 5.00. The quantitative estimate of drug-likeness (QED) is 0.221. The Morgan fingerprint density at radius 2 is 1.69 bits per heavy atom. The van der Waals surface area contributed by atoms with Gasteiger partial charge < -0.3 is 4.74 Å². The molecule has 32 heavy (non-hydrogen) atoms. The van der Waals surface area contributed by atoms with Crippen molar-refractivity contribution in [3.8, 4) is 23.1 Å². The number of hydrogen-bond donors (Lipinski definition) is 0. The van der Waals surface area contributed by atoms with Crippen molar-refractivity contribution in [3.63, 3.8) is 0 Å². The number of benzene rings is 3. The fraction of sp³-hybridized carbons (Fsp3) is 0.115. The summed E-state index contributed by atoms with van der Waals surface area (Å²) in [6.45, 7) is 0.598. The van der Waals surface area contributed by atoms with Crippen LogP contribution in [0.1, 0.15) is 16.7 Å². The summed E-state index contributed by atoms with van der Waals surface area (Å²) >= 11 is 0. The van der Waals surface area contributed by atoms with E-state index in [0.29, 0.717) is 23.4 Å². The van der Waals surface area contributed by atoms with Crippen LogP contribution >= 0.6 is 0 Å². The van der Waals surface area contributed by atoms with Crippen molar-refractivity contribution < 1.29 is 22.3 Å². The lowest BCUT2D eigenvalue weighted by atomic mass is 10.0. The molecule has 0 unspecified atom stereocenters. The standard InChI is InChI=1S/C26H17F4NO/c1-32-11-10-17-4-9-24(31-15-17)19-7-6-18(22(27)13-19)5-2-16-3-8-21-20(12-16)14-23(28)26(30)25(21)29/h3-4,6-9,12-15H,10-11H2,1H3. The minimum absolute atomic E-state index is 0.0503. The Balaban J connectivity index is 1.58. The molecule has 0 saturated heterocycles. The average Bonchev–Trinajstić information content (AvgIpc) is 2.80. The maximum absolute atomic E-state index is 14.6. The minimum atomic E-state index is -1.52. The smallest absolute Gasteiger partial charge is 0.195 e. The molecule has 0 aliphatic rings. The molecule has 0 N–H and O–H groups in total. The summed E-state index contributed by atoms with van der Waals surface area (Å²) in [6, 6.07) is 13.5. The van der Waals surface area contributed by atoms with E-state index in [4.69, 9.17) is 4.74 Å². The van der Waals surface area contributed by atoms with Gasteiger partial charge in [0.25, 0.3) is 0 Å². The molecule has 2 nitrogen and oxygen atoms in total. The second-order valence-corrected chi connectivity index (χ2v) is 7.16. The topological polar surface area (TPSA) is 22.1 Å². The van der Waals surface area contributed by atoms with Crippen molar-refractivity contribution in [2.45, 2.75) is 6.42 Å². The zero-order chi connectivity index (χ0) is 22.7. The largest absolute Gasteiger partial charge is 0.384 e. The lowest BCUT2D eigenvalue weighted by Gasteiger charge is -2.05. The molecule has 0 saturated carbocycles. The van der Waals surface area contributed by atoms with E-state index in [1.54, 1.807) is 25.4 Å². The normalized spacial score (nSPS) is 10.8. The zero-order valence-corrected chi connectivity index (χ0v) is 17.1. The first kappa shape index (κ1) is 21.5. The molecule has 1 aromatic heterocycles. The molecule has 0 radical (unpaired) electrons. The third-order valence-corrected chi connectivity index (χ3v) is 5.00. The summed E-state index contributed by atoms with van der Waals surface area (Å²) in [5.41, 5.74) is 2.86. The molecule has 0 aliphatic carbocycles. The van der Waals surface area contributed by atoms with Crippen LogP contribution in [0, 0.1) is 35.1 Å². The highest BCUT2D eigenvalue weighted by Gasteiger charge is 2.13. The fourth-order valence-corrected chi connectivity index (χ4v) is 3.26. The molecule has 0 amide bonds. The maximum atomic E-state index is 14.6. The van der Waals surface area contributed by atoms with Gasteiger partial charge in [-0.25, -0.2) is 17.6 Å². The van der Waals surface area contributed by atoms with Gasteiger partial charge >= 0.3 is 0 Å². The lowest BCUT2D eigenvalue weighted by molar-refractivity contribution is 0.202. The number of fused-ring (bicyclic) bond motifs is 1. The molecule has 0 spiro atoms. The number of methoxy groups -OCH3 is 1. The molecule has 160 valence electrons. The summed E-state index contributed by atoms with van der Waals surface area (Å²) in [7, 11) is 1.63. The molecule has 0 atom stereocenters. The van der Waals surface area contributed by atoms with E-state index in [9.17, 15) is 17.6 Å². The second-order valence-electron chi connectivity index (χ2n) is 7.16. The summed E-state index contributed by atoms with van der Waals surface area (Å²) in [5.74, 6) is 0.948. The van der Waals surface area contributed by atoms with Gasteiger partial charge in [-0.1, -0.05) is 30.0 Å². The summed E-state index contributed by atoms with van der Waals surface area (Å²) in [6.07, 6.45) is 2.48. The van der Waals surface area contributed by atoms with Crippen LogP contribution in [-0.2, 0) is 11.2 Å². The van der Waals surface area contributed by atoms with Gasteiger partial charge in [-0.05, 0) is 53.8 Å². The molecular formula is C26H17F4NO. The molecular weight excluding hydrogens is 418 g/mol. The Morgan fingerprint density at radius 1 is 0.844 bits per heavy atom. The highest BCUT2D eigenvalue weighted by molar-refractivity contribution is 5.84. The van der Waals surface area contributed by atoms with Crippen LogP contribution in [0.4, 0.5) is 17.6 Å². The molecule has 6 heteroatoms. The van der Waals surface area contributed by atoms with Crippen molar-refractivity contribution in [1.82, 2.24) is 4.98 Å². The van der Waals surface area contributed by atoms with E-state index >= 15 is 0 Å². The number of ether oxygens (including phenoxy) is 1. The van der Waals surface area contributed by atoms with Crippen LogP contribution in [0.2, 0.25) is 0 Å². The first-order valence-corrected chi connectivity index (χ1v) is 9.79. The van der Waals surface area contributed by atoms with Gasteiger partial charge in [-0.2, -0.15) is 0 Å². The number of rotatable bonds is 4. The second kappa shape index (κ2) is 9.21. The first-order chi connectivity index (χ1) is 15.5. The number of pyridine rings is 1. The summed E-state index contributed by atoms with van der Waals surface area (Å²) in [4.78, 5) is 4.37. The van der Waals surface area contributed by atoms with Gasteiger partial charge in [0, 0.05) is 29.8 Å².